The molecule has 0 atom stereocenters. The van der Waals surface area contributed by atoms with Gasteiger partial charge in [0.05, 0.1) is 18.6 Å². The highest BCUT2D eigenvalue weighted by Gasteiger charge is 2.37. The molecule has 0 N–H and O–H groups in total. The molecule has 1 aromatic heterocycles. The van der Waals surface area contributed by atoms with Gasteiger partial charge in [0.15, 0.2) is 16.3 Å². The maximum Gasteiger partial charge on any atom is 0.485 e. The number of aryl methyl sites for hydroxylation is 1. The van der Waals surface area contributed by atoms with Gasteiger partial charge >= 0.3 is 11.6 Å². The third kappa shape index (κ3) is 6.76. The number of pyridine rings is 1. The Morgan fingerprint density at radius 2 is 1.79 bits per heavy atom. The second kappa shape index (κ2) is 10.3. The van der Waals surface area contributed by atoms with Crippen LogP contribution < -0.4 is 9.30 Å². The van der Waals surface area contributed by atoms with Crippen LogP contribution in [0.4, 0.5) is 18.0 Å². The van der Waals surface area contributed by atoms with Gasteiger partial charge in [-0.1, -0.05) is 6.07 Å². The summed E-state index contributed by atoms with van der Waals surface area (Å²) >= 11 is 0. The number of alkyl halides is 3. The van der Waals surface area contributed by atoms with Gasteiger partial charge < -0.3 is 23.8 Å². The number of aromatic nitrogens is 1. The molecular weight excluding hydrogens is 471 g/mol. The van der Waals surface area contributed by atoms with Crippen LogP contribution in [-0.4, -0.2) is 80.7 Å². The van der Waals surface area contributed by atoms with E-state index >= 15 is 0 Å². The first-order chi connectivity index (χ1) is 15.2. The van der Waals surface area contributed by atoms with Crippen LogP contribution in [0.1, 0.15) is 10.4 Å². The maximum absolute atomic E-state index is 12.8. The maximum atomic E-state index is 12.8. The Morgan fingerprint density at radius 3 is 2.30 bits per heavy atom. The van der Waals surface area contributed by atoms with Crippen LogP contribution in [0.3, 0.4) is 0 Å². The average molecular weight is 493 g/mol. The molecule has 0 aliphatic carbocycles. The van der Waals surface area contributed by atoms with Crippen molar-refractivity contribution >= 4 is 33.0 Å². The lowest BCUT2D eigenvalue weighted by molar-refractivity contribution is -0.645. The highest BCUT2D eigenvalue weighted by molar-refractivity contribution is 7.86. The molecule has 2 aromatic rings. The van der Waals surface area contributed by atoms with E-state index in [9.17, 15) is 22.8 Å². The van der Waals surface area contributed by atoms with E-state index in [2.05, 4.69) is 0 Å². The van der Waals surface area contributed by atoms with Crippen LogP contribution in [0.25, 0.3) is 10.9 Å². The monoisotopic (exact) mass is 493 g/mol. The fraction of sp³-hybridized carbons (Fsp3) is 0.421. The number of fused-ring (bicyclic) bond motifs is 1. The van der Waals surface area contributed by atoms with E-state index in [4.69, 9.17) is 22.4 Å². The largest absolute Gasteiger partial charge is 0.741 e. The van der Waals surface area contributed by atoms with Gasteiger partial charge in [0.25, 0.3) is 5.91 Å². The van der Waals surface area contributed by atoms with Crippen LogP contribution in [0.15, 0.2) is 30.5 Å². The molecule has 182 valence electrons. The van der Waals surface area contributed by atoms with Crippen molar-refractivity contribution in [2.24, 2.45) is 7.05 Å². The molecule has 0 radical (unpaired) electrons. The quantitative estimate of drug-likeness (QED) is 0.351. The highest BCUT2D eigenvalue weighted by Crippen LogP contribution is 2.25. The second-order valence-corrected chi connectivity index (χ2v) is 8.47. The minimum absolute atomic E-state index is 0.0467. The topological polar surface area (TPSA) is 120 Å². The highest BCUT2D eigenvalue weighted by atomic mass is 32.2. The van der Waals surface area contributed by atoms with E-state index in [1.54, 1.807) is 37.3 Å². The van der Waals surface area contributed by atoms with E-state index in [1.807, 2.05) is 23.7 Å². The molecule has 2 amide bonds. The van der Waals surface area contributed by atoms with Crippen LogP contribution >= 0.6 is 0 Å². The molecule has 33 heavy (non-hydrogen) atoms. The van der Waals surface area contributed by atoms with Crippen molar-refractivity contribution in [3.63, 3.8) is 0 Å². The van der Waals surface area contributed by atoms with Crippen LogP contribution in [0.2, 0.25) is 0 Å². The Kier molecular flexibility index (Phi) is 8.21. The van der Waals surface area contributed by atoms with E-state index in [1.165, 1.54) is 4.90 Å². The first-order valence-electron chi connectivity index (χ1n) is 9.43. The van der Waals surface area contributed by atoms with Gasteiger partial charge in [0.1, 0.15) is 18.4 Å². The predicted molar refractivity (Wildman–Crippen MR) is 107 cm³/mol. The molecule has 0 bridgehead atoms. The third-order valence-corrected chi connectivity index (χ3v) is 5.01. The molecule has 1 fully saturated rings. The molecule has 3 rings (SSSR count). The molecule has 0 unspecified atom stereocenters. The predicted octanol–water partition coefficient (Wildman–Crippen LogP) is 1.25. The summed E-state index contributed by atoms with van der Waals surface area (Å²) in [6.45, 7) is 2.27. The summed E-state index contributed by atoms with van der Waals surface area (Å²) in [5.41, 5.74) is -4.21. The van der Waals surface area contributed by atoms with Gasteiger partial charge in [-0.2, -0.15) is 13.2 Å². The zero-order valence-electron chi connectivity index (χ0n) is 18.0. The lowest BCUT2D eigenvalue weighted by atomic mass is 10.1. The molecule has 0 spiro atoms. The Bertz CT molecular complexity index is 1130. The summed E-state index contributed by atoms with van der Waals surface area (Å²) in [7, 11) is -0.968. The van der Waals surface area contributed by atoms with E-state index in [0.29, 0.717) is 37.6 Å². The number of ether oxygens (including phenoxy) is 2. The Labute approximate surface area is 187 Å². The zero-order chi connectivity index (χ0) is 25.0. The molecule has 1 aromatic carbocycles. The minimum atomic E-state index is -6.09. The Hall–Kier alpha value is -2.97. The number of halogens is 3. The summed E-state index contributed by atoms with van der Waals surface area (Å²) in [4.78, 5) is 27.8. The number of benzene rings is 1. The van der Waals surface area contributed by atoms with Gasteiger partial charge in [-0.05, 0) is 12.1 Å². The van der Waals surface area contributed by atoms with Gasteiger partial charge in [-0.15, -0.1) is 0 Å². The molecule has 1 saturated heterocycles. The van der Waals surface area contributed by atoms with E-state index in [-0.39, 0.29) is 5.91 Å². The molecule has 14 heteroatoms. The van der Waals surface area contributed by atoms with Gasteiger partial charge in [-0.25, -0.2) is 17.8 Å². The van der Waals surface area contributed by atoms with Crippen molar-refractivity contribution in [1.82, 2.24) is 9.80 Å². The number of rotatable bonds is 2. The molecule has 2 heterocycles. The number of hydrogen-bond acceptors (Lipinski definition) is 7. The number of hydrogen-bond donors (Lipinski definition) is 0. The number of morpholine rings is 1. The zero-order valence-corrected chi connectivity index (χ0v) is 18.8. The van der Waals surface area contributed by atoms with Crippen LogP contribution in [-0.2, 0) is 21.9 Å². The van der Waals surface area contributed by atoms with Crippen LogP contribution in [0.5, 0.6) is 5.75 Å². The van der Waals surface area contributed by atoms with E-state index < -0.39 is 21.7 Å². The van der Waals surface area contributed by atoms with Crippen molar-refractivity contribution in [2.75, 3.05) is 40.4 Å². The standard InChI is InChI=1S/C18H22N3O4.CHF3O3S/c1-19(2)18(23)25-16-6-4-5-15-14(16)11-13(12-20(15)3)17(22)21-7-9-24-10-8-21;2-1(3,4)8(5,6)7/h4-6,11-12H,7-10H2,1-3H3;(H,5,6,7)/q+1;/p-1. The number of carbonyl (C=O) groups is 2. The normalized spacial score (nSPS) is 14.3. The minimum Gasteiger partial charge on any atom is -0.741 e. The van der Waals surface area contributed by atoms with Crippen molar-refractivity contribution < 1.29 is 49.8 Å². The first-order valence-corrected chi connectivity index (χ1v) is 10.8. The van der Waals surface area contributed by atoms with Crippen molar-refractivity contribution in [1.29, 1.82) is 0 Å². The number of nitrogens with zero attached hydrogens (tertiary/aromatic N) is 3. The van der Waals surface area contributed by atoms with Crippen molar-refractivity contribution in [3.05, 3.63) is 36.0 Å². The van der Waals surface area contributed by atoms with E-state index in [0.717, 1.165) is 10.9 Å². The van der Waals surface area contributed by atoms with Gasteiger partial charge in [0, 0.05) is 33.3 Å². The summed E-state index contributed by atoms with van der Waals surface area (Å²) in [5, 5.41) is 0.722. The lowest BCUT2D eigenvalue weighted by Crippen LogP contribution is -2.42. The SMILES string of the molecule is CN(C)C(=O)Oc1cccc2c1cc(C(=O)N1CCOCC1)c[n+]2C.O=S(=O)([O-])C(F)(F)F. The molecule has 1 aliphatic rings. The Morgan fingerprint density at radius 1 is 1.21 bits per heavy atom. The average Bonchev–Trinajstić information content (AvgIpc) is 2.73. The Balaban J connectivity index is 0.000000414. The lowest BCUT2D eigenvalue weighted by Gasteiger charge is -2.26. The molecule has 0 saturated carbocycles. The molecule has 1 aliphatic heterocycles. The first kappa shape index (κ1) is 26.3. The second-order valence-electron chi connectivity index (χ2n) is 7.10. The van der Waals surface area contributed by atoms with Crippen molar-refractivity contribution in [2.45, 2.75) is 5.51 Å². The van der Waals surface area contributed by atoms with Gasteiger partial charge in [0.2, 0.25) is 5.52 Å². The summed E-state index contributed by atoms with van der Waals surface area (Å²) in [6, 6.07) is 7.26. The van der Waals surface area contributed by atoms with Crippen LogP contribution in [0, 0.1) is 0 Å². The smallest absolute Gasteiger partial charge is 0.485 e. The molecular formula is C19H22F3N3O7S. The fourth-order valence-electron chi connectivity index (χ4n) is 2.80. The summed E-state index contributed by atoms with van der Waals surface area (Å²) in [5.74, 6) is 0.387. The summed E-state index contributed by atoms with van der Waals surface area (Å²) < 4.78 is 71.5. The number of amides is 2. The number of carbonyl (C=O) groups excluding carboxylic acids is 2. The third-order valence-electron chi connectivity index (χ3n) is 4.45. The van der Waals surface area contributed by atoms with Crippen molar-refractivity contribution in [3.8, 4) is 5.75 Å². The summed E-state index contributed by atoms with van der Waals surface area (Å²) in [6.07, 6.45) is 1.34. The van der Waals surface area contributed by atoms with Gasteiger partial charge in [-0.3, -0.25) is 4.79 Å². The fourth-order valence-corrected chi connectivity index (χ4v) is 2.80. The molecule has 10 nitrogen and oxygen atoms in total.